The molecule has 1 aromatic heterocycles. The molecule has 26 heavy (non-hydrogen) atoms. The van der Waals surface area contributed by atoms with Gasteiger partial charge >= 0.3 is 0 Å². The highest BCUT2D eigenvalue weighted by Gasteiger charge is 2.02. The highest BCUT2D eigenvalue weighted by atomic mass is 16.5. The quantitative estimate of drug-likeness (QED) is 0.558. The Bertz CT molecular complexity index is 806. The van der Waals surface area contributed by atoms with Crippen molar-refractivity contribution < 1.29 is 14.3 Å². The van der Waals surface area contributed by atoms with Gasteiger partial charge in [-0.25, -0.2) is 4.98 Å². The van der Waals surface area contributed by atoms with E-state index in [0.717, 1.165) is 5.56 Å². The summed E-state index contributed by atoms with van der Waals surface area (Å²) >= 11 is 0. The van der Waals surface area contributed by atoms with Gasteiger partial charge in [-0.3, -0.25) is 4.79 Å². The normalized spacial score (nSPS) is 10.2. The van der Waals surface area contributed by atoms with Gasteiger partial charge in [0.15, 0.2) is 0 Å². The summed E-state index contributed by atoms with van der Waals surface area (Å²) in [6, 6.07) is 10.8. The van der Waals surface area contributed by atoms with E-state index in [4.69, 9.17) is 14.7 Å². The first-order valence-electron chi connectivity index (χ1n) is 7.94. The molecule has 7 heteroatoms. The first-order chi connectivity index (χ1) is 12.7. The smallest absolute Gasteiger partial charge is 0.244 e. The maximum atomic E-state index is 11.9. The number of nitrogens with zero attached hydrogens (tertiary/aromatic N) is 2. The van der Waals surface area contributed by atoms with Crippen LogP contribution in [0, 0.1) is 11.3 Å². The summed E-state index contributed by atoms with van der Waals surface area (Å²) in [6.45, 7) is 0.851. The molecule has 0 bridgehead atoms. The number of rotatable bonds is 8. The van der Waals surface area contributed by atoms with Crippen molar-refractivity contribution >= 4 is 17.8 Å². The summed E-state index contributed by atoms with van der Waals surface area (Å²) in [5.74, 6) is 1.58. The van der Waals surface area contributed by atoms with E-state index in [1.165, 1.54) is 6.08 Å². The molecule has 2 rings (SSSR count). The number of aromatic nitrogens is 1. The molecule has 2 N–H and O–H groups in total. The average Bonchev–Trinajstić information content (AvgIpc) is 2.69. The van der Waals surface area contributed by atoms with E-state index < -0.39 is 0 Å². The van der Waals surface area contributed by atoms with E-state index in [2.05, 4.69) is 21.7 Å². The van der Waals surface area contributed by atoms with Crippen molar-refractivity contribution in [3.63, 3.8) is 0 Å². The van der Waals surface area contributed by atoms with Gasteiger partial charge in [0.05, 0.1) is 19.8 Å². The molecular weight excluding hydrogens is 332 g/mol. The van der Waals surface area contributed by atoms with E-state index >= 15 is 0 Å². The Balaban J connectivity index is 1.83. The van der Waals surface area contributed by atoms with Crippen molar-refractivity contribution in [2.24, 2.45) is 0 Å². The Morgan fingerprint density at radius 1 is 1.23 bits per heavy atom. The van der Waals surface area contributed by atoms with E-state index in [1.807, 2.05) is 0 Å². The first-order valence-corrected chi connectivity index (χ1v) is 7.94. The summed E-state index contributed by atoms with van der Waals surface area (Å²) in [4.78, 5) is 16.0. The zero-order valence-electron chi connectivity index (χ0n) is 14.7. The Kier molecular flexibility index (Phi) is 7.01. The summed E-state index contributed by atoms with van der Waals surface area (Å²) < 4.78 is 10.4. The van der Waals surface area contributed by atoms with Crippen LogP contribution in [0.2, 0.25) is 0 Å². The van der Waals surface area contributed by atoms with Crippen LogP contribution in [0.15, 0.2) is 42.6 Å². The summed E-state index contributed by atoms with van der Waals surface area (Å²) in [6.07, 6.45) is 4.73. The summed E-state index contributed by atoms with van der Waals surface area (Å²) in [7, 11) is 3.14. The van der Waals surface area contributed by atoms with Crippen LogP contribution < -0.4 is 20.1 Å². The Hall–Kier alpha value is -3.53. The van der Waals surface area contributed by atoms with Gasteiger partial charge in [0.2, 0.25) is 5.91 Å². The second-order valence-electron chi connectivity index (χ2n) is 5.21. The second-order valence-corrected chi connectivity index (χ2v) is 5.21. The summed E-state index contributed by atoms with van der Waals surface area (Å²) in [5.41, 5.74) is 1.26. The van der Waals surface area contributed by atoms with Crippen LogP contribution in [-0.2, 0) is 4.79 Å². The molecule has 2 aromatic rings. The molecule has 0 saturated carbocycles. The number of amides is 1. The van der Waals surface area contributed by atoms with E-state index in [-0.39, 0.29) is 5.91 Å². The van der Waals surface area contributed by atoms with Gasteiger partial charge in [-0.05, 0) is 35.9 Å². The lowest BCUT2D eigenvalue weighted by molar-refractivity contribution is -0.116. The Morgan fingerprint density at radius 3 is 2.62 bits per heavy atom. The minimum Gasteiger partial charge on any atom is -0.497 e. The van der Waals surface area contributed by atoms with Crippen molar-refractivity contribution in [2.45, 2.75) is 0 Å². The maximum absolute atomic E-state index is 11.9. The third-order valence-corrected chi connectivity index (χ3v) is 3.45. The lowest BCUT2D eigenvalue weighted by Gasteiger charge is -2.07. The fraction of sp³-hybridized carbons (Fsp3) is 0.211. The number of hydrogen-bond donors (Lipinski definition) is 2. The van der Waals surface area contributed by atoms with Crippen LogP contribution in [0.3, 0.4) is 0 Å². The van der Waals surface area contributed by atoms with Gasteiger partial charge in [-0.1, -0.05) is 0 Å². The highest BCUT2D eigenvalue weighted by molar-refractivity contribution is 5.91. The van der Waals surface area contributed by atoms with E-state index in [9.17, 15) is 4.79 Å². The highest BCUT2D eigenvalue weighted by Crippen LogP contribution is 2.23. The standard InChI is InChI=1S/C19H20N4O3/c1-25-16-10-14(11-17(12-16)26-2)5-6-18(24)21-8-9-23-19-15(13-20)4-3-7-22-19/h3-7,10-12H,8-9H2,1-2H3,(H,21,24)(H,22,23)/b6-5+. The second kappa shape index (κ2) is 9.69. The van der Waals surface area contributed by atoms with E-state index in [0.29, 0.717) is 36.0 Å². The lowest BCUT2D eigenvalue weighted by Crippen LogP contribution is -2.27. The maximum Gasteiger partial charge on any atom is 0.244 e. The van der Waals surface area contributed by atoms with Gasteiger partial charge < -0.3 is 20.1 Å². The Morgan fingerprint density at radius 2 is 1.96 bits per heavy atom. The number of methoxy groups -OCH3 is 2. The van der Waals surface area contributed by atoms with Gasteiger partial charge in [0, 0.05) is 31.4 Å². The van der Waals surface area contributed by atoms with Crippen molar-refractivity contribution in [3.8, 4) is 17.6 Å². The van der Waals surface area contributed by atoms with Gasteiger partial charge in [-0.15, -0.1) is 0 Å². The molecule has 1 heterocycles. The molecule has 0 aliphatic heterocycles. The molecule has 1 aromatic carbocycles. The van der Waals surface area contributed by atoms with Crippen LogP contribution in [0.25, 0.3) is 6.08 Å². The predicted octanol–water partition coefficient (Wildman–Crippen LogP) is 2.21. The van der Waals surface area contributed by atoms with Gasteiger partial charge in [0.25, 0.3) is 0 Å². The third kappa shape index (κ3) is 5.53. The molecular formula is C19H20N4O3. The number of nitrogens with one attached hydrogen (secondary N) is 2. The van der Waals surface area contributed by atoms with Crippen LogP contribution in [-0.4, -0.2) is 38.2 Å². The Labute approximate surface area is 152 Å². The topological polar surface area (TPSA) is 96.3 Å². The molecule has 1 amide bonds. The van der Waals surface area contributed by atoms with E-state index in [1.54, 1.807) is 56.8 Å². The molecule has 0 atom stereocenters. The van der Waals surface area contributed by atoms with Crippen LogP contribution in [0.4, 0.5) is 5.82 Å². The monoisotopic (exact) mass is 352 g/mol. The van der Waals surface area contributed by atoms with Gasteiger partial charge in [-0.2, -0.15) is 5.26 Å². The van der Waals surface area contributed by atoms with Crippen molar-refractivity contribution in [2.75, 3.05) is 32.6 Å². The van der Waals surface area contributed by atoms with Crippen molar-refractivity contribution in [1.82, 2.24) is 10.3 Å². The van der Waals surface area contributed by atoms with Crippen molar-refractivity contribution in [1.29, 1.82) is 5.26 Å². The molecule has 0 unspecified atom stereocenters. The largest absolute Gasteiger partial charge is 0.497 e. The van der Waals surface area contributed by atoms with Crippen molar-refractivity contribution in [3.05, 3.63) is 53.7 Å². The van der Waals surface area contributed by atoms with Crippen LogP contribution in [0.1, 0.15) is 11.1 Å². The van der Waals surface area contributed by atoms with Gasteiger partial charge in [0.1, 0.15) is 23.4 Å². The number of pyridine rings is 1. The zero-order valence-corrected chi connectivity index (χ0v) is 14.7. The molecule has 0 aliphatic carbocycles. The van der Waals surface area contributed by atoms with Crippen LogP contribution >= 0.6 is 0 Å². The average molecular weight is 352 g/mol. The fourth-order valence-corrected chi connectivity index (χ4v) is 2.16. The molecule has 134 valence electrons. The molecule has 0 spiro atoms. The third-order valence-electron chi connectivity index (χ3n) is 3.45. The minimum atomic E-state index is -0.227. The minimum absolute atomic E-state index is 0.227. The molecule has 7 nitrogen and oxygen atoms in total. The fourth-order valence-electron chi connectivity index (χ4n) is 2.16. The summed E-state index contributed by atoms with van der Waals surface area (Å²) in [5, 5.41) is 14.8. The predicted molar refractivity (Wildman–Crippen MR) is 99.0 cm³/mol. The number of carbonyl (C=O) groups excluding carboxylic acids is 1. The number of anilines is 1. The number of ether oxygens (including phenoxy) is 2. The molecule has 0 saturated heterocycles. The van der Waals surface area contributed by atoms with Crippen LogP contribution in [0.5, 0.6) is 11.5 Å². The zero-order chi connectivity index (χ0) is 18.8. The number of hydrogen-bond acceptors (Lipinski definition) is 6. The molecule has 0 radical (unpaired) electrons. The molecule has 0 aliphatic rings. The number of benzene rings is 1. The lowest BCUT2D eigenvalue weighted by atomic mass is 10.2. The number of nitriles is 1. The first kappa shape index (κ1) is 18.8. The molecule has 0 fully saturated rings. The SMILES string of the molecule is COc1cc(/C=C/C(=O)NCCNc2ncccc2C#N)cc(OC)c1. The number of carbonyl (C=O) groups is 1.